The van der Waals surface area contributed by atoms with E-state index in [1.807, 2.05) is 20.8 Å². The van der Waals surface area contributed by atoms with Crippen LogP contribution in [-0.2, 0) is 0 Å². The topological polar surface area (TPSA) is 12.0 Å². The highest BCUT2D eigenvalue weighted by Crippen LogP contribution is 2.26. The van der Waals surface area contributed by atoms with Gasteiger partial charge < -0.3 is 5.32 Å². The molecule has 1 unspecified atom stereocenters. The fraction of sp³-hybridized carbons (Fsp3) is 0.538. The van der Waals surface area contributed by atoms with Crippen LogP contribution in [0.25, 0.3) is 0 Å². The Balaban J connectivity index is 2.92. The van der Waals surface area contributed by atoms with Crippen LogP contribution in [0.3, 0.4) is 0 Å². The van der Waals surface area contributed by atoms with Crippen LogP contribution in [0.15, 0.2) is 18.2 Å². The van der Waals surface area contributed by atoms with Gasteiger partial charge in [-0.25, -0.2) is 8.78 Å². The number of hydrogen-bond donors (Lipinski definition) is 1. The maximum atomic E-state index is 13.6. The lowest BCUT2D eigenvalue weighted by Crippen LogP contribution is -2.25. The van der Waals surface area contributed by atoms with E-state index in [2.05, 4.69) is 5.32 Å². The largest absolute Gasteiger partial charge is 0.316 e. The molecular weight excluding hydrogens is 208 g/mol. The van der Waals surface area contributed by atoms with E-state index >= 15 is 0 Å². The van der Waals surface area contributed by atoms with Crippen LogP contribution in [0.2, 0.25) is 0 Å². The number of likely N-dealkylation sites (N-methyl/N-ethyl adjacent to an activating group) is 1. The summed E-state index contributed by atoms with van der Waals surface area (Å²) < 4.78 is 26.4. The second-order valence-corrected chi connectivity index (χ2v) is 4.32. The summed E-state index contributed by atoms with van der Waals surface area (Å²) in [7, 11) is 0. The Bertz CT molecular complexity index is 337. The summed E-state index contributed by atoms with van der Waals surface area (Å²) in [5.74, 6) is -0.566. The first-order valence-electron chi connectivity index (χ1n) is 5.72. The zero-order valence-electron chi connectivity index (χ0n) is 10.1. The van der Waals surface area contributed by atoms with Crippen LogP contribution in [-0.4, -0.2) is 13.1 Å². The molecule has 16 heavy (non-hydrogen) atoms. The molecule has 1 aromatic carbocycles. The molecule has 90 valence electrons. The second-order valence-electron chi connectivity index (χ2n) is 4.32. The lowest BCUT2D eigenvalue weighted by Gasteiger charge is -2.22. The molecule has 1 aromatic rings. The van der Waals surface area contributed by atoms with E-state index in [1.165, 1.54) is 6.07 Å². The number of benzene rings is 1. The summed E-state index contributed by atoms with van der Waals surface area (Å²) in [6.45, 7) is 7.68. The second kappa shape index (κ2) is 5.94. The minimum absolute atomic E-state index is 0.0838. The van der Waals surface area contributed by atoms with Crippen molar-refractivity contribution in [1.29, 1.82) is 0 Å². The van der Waals surface area contributed by atoms with Gasteiger partial charge >= 0.3 is 0 Å². The number of hydrogen-bond acceptors (Lipinski definition) is 1. The SMILES string of the molecule is CCNCC(c1ccc(F)cc1F)C(C)C. The Morgan fingerprint density at radius 1 is 1.25 bits per heavy atom. The molecule has 1 atom stereocenters. The maximum Gasteiger partial charge on any atom is 0.129 e. The fourth-order valence-electron chi connectivity index (χ4n) is 1.81. The summed E-state index contributed by atoms with van der Waals surface area (Å²) in [5.41, 5.74) is 0.595. The van der Waals surface area contributed by atoms with Crippen molar-refractivity contribution in [2.75, 3.05) is 13.1 Å². The summed E-state index contributed by atoms with van der Waals surface area (Å²) in [5, 5.41) is 3.21. The molecular formula is C13H19F2N. The van der Waals surface area contributed by atoms with E-state index in [4.69, 9.17) is 0 Å². The van der Waals surface area contributed by atoms with E-state index in [0.717, 1.165) is 19.2 Å². The van der Waals surface area contributed by atoms with Gasteiger partial charge in [0.15, 0.2) is 0 Å². The Morgan fingerprint density at radius 2 is 1.94 bits per heavy atom. The minimum Gasteiger partial charge on any atom is -0.316 e. The first-order chi connectivity index (χ1) is 7.56. The predicted octanol–water partition coefficient (Wildman–Crippen LogP) is 3.31. The highest BCUT2D eigenvalue weighted by molar-refractivity contribution is 5.23. The van der Waals surface area contributed by atoms with E-state index < -0.39 is 11.6 Å². The molecule has 0 amide bonds. The van der Waals surface area contributed by atoms with E-state index in [-0.39, 0.29) is 5.92 Å². The Kier molecular flexibility index (Phi) is 4.87. The van der Waals surface area contributed by atoms with Crippen molar-refractivity contribution in [3.63, 3.8) is 0 Å². The fourth-order valence-corrected chi connectivity index (χ4v) is 1.81. The molecule has 0 fully saturated rings. The van der Waals surface area contributed by atoms with Gasteiger partial charge in [-0.05, 0) is 24.1 Å². The van der Waals surface area contributed by atoms with Crippen LogP contribution in [0, 0.1) is 17.6 Å². The Hall–Kier alpha value is -0.960. The average molecular weight is 227 g/mol. The van der Waals surface area contributed by atoms with E-state index in [0.29, 0.717) is 11.5 Å². The molecule has 0 saturated carbocycles. The molecule has 0 aliphatic carbocycles. The van der Waals surface area contributed by atoms with Gasteiger partial charge in [0.1, 0.15) is 11.6 Å². The van der Waals surface area contributed by atoms with Gasteiger partial charge in [-0.1, -0.05) is 26.8 Å². The molecule has 0 saturated heterocycles. The van der Waals surface area contributed by atoms with Crippen LogP contribution < -0.4 is 5.32 Å². The molecule has 3 heteroatoms. The van der Waals surface area contributed by atoms with Gasteiger partial charge in [-0.3, -0.25) is 0 Å². The van der Waals surface area contributed by atoms with Crippen molar-refractivity contribution in [2.24, 2.45) is 5.92 Å². The molecule has 0 radical (unpaired) electrons. The number of nitrogens with one attached hydrogen (secondary N) is 1. The van der Waals surface area contributed by atoms with Gasteiger partial charge in [0.05, 0.1) is 0 Å². The van der Waals surface area contributed by atoms with Crippen molar-refractivity contribution in [2.45, 2.75) is 26.7 Å². The third-order valence-electron chi connectivity index (χ3n) is 2.78. The lowest BCUT2D eigenvalue weighted by molar-refractivity contribution is 0.445. The lowest BCUT2D eigenvalue weighted by atomic mass is 9.88. The zero-order chi connectivity index (χ0) is 12.1. The smallest absolute Gasteiger partial charge is 0.129 e. The molecule has 0 heterocycles. The molecule has 0 spiro atoms. The van der Waals surface area contributed by atoms with Gasteiger partial charge in [-0.2, -0.15) is 0 Å². The van der Waals surface area contributed by atoms with Crippen molar-refractivity contribution in [1.82, 2.24) is 5.32 Å². The molecule has 0 aliphatic rings. The third kappa shape index (κ3) is 3.27. The first kappa shape index (κ1) is 13.1. The highest BCUT2D eigenvalue weighted by Gasteiger charge is 2.19. The van der Waals surface area contributed by atoms with Crippen molar-refractivity contribution in [3.8, 4) is 0 Å². The molecule has 0 aromatic heterocycles. The van der Waals surface area contributed by atoms with Gasteiger partial charge in [-0.15, -0.1) is 0 Å². The normalized spacial score (nSPS) is 13.1. The Morgan fingerprint density at radius 3 is 2.44 bits per heavy atom. The molecule has 1 nitrogen and oxygen atoms in total. The Labute approximate surface area is 95.9 Å². The monoisotopic (exact) mass is 227 g/mol. The van der Waals surface area contributed by atoms with Crippen molar-refractivity contribution >= 4 is 0 Å². The van der Waals surface area contributed by atoms with E-state index in [9.17, 15) is 8.78 Å². The maximum absolute atomic E-state index is 13.6. The van der Waals surface area contributed by atoms with Gasteiger partial charge in [0.2, 0.25) is 0 Å². The summed E-state index contributed by atoms with van der Waals surface area (Å²) in [4.78, 5) is 0. The third-order valence-corrected chi connectivity index (χ3v) is 2.78. The predicted molar refractivity (Wildman–Crippen MR) is 62.5 cm³/mol. The summed E-state index contributed by atoms with van der Waals surface area (Å²) in [6, 6.07) is 3.82. The molecule has 1 rings (SSSR count). The summed E-state index contributed by atoms with van der Waals surface area (Å²) in [6.07, 6.45) is 0. The highest BCUT2D eigenvalue weighted by atomic mass is 19.1. The van der Waals surface area contributed by atoms with Gasteiger partial charge in [0, 0.05) is 18.5 Å². The van der Waals surface area contributed by atoms with Crippen LogP contribution in [0.1, 0.15) is 32.3 Å². The van der Waals surface area contributed by atoms with Crippen LogP contribution >= 0.6 is 0 Å². The zero-order valence-corrected chi connectivity index (χ0v) is 10.1. The average Bonchev–Trinajstić information content (AvgIpc) is 2.20. The van der Waals surface area contributed by atoms with Crippen LogP contribution in [0.5, 0.6) is 0 Å². The van der Waals surface area contributed by atoms with Crippen molar-refractivity contribution < 1.29 is 8.78 Å². The first-order valence-corrected chi connectivity index (χ1v) is 5.72. The number of rotatable bonds is 5. The van der Waals surface area contributed by atoms with Crippen molar-refractivity contribution in [3.05, 3.63) is 35.4 Å². The quantitative estimate of drug-likeness (QED) is 0.813. The standard InChI is InChI=1S/C13H19F2N/c1-4-16-8-12(9(2)3)11-6-5-10(14)7-13(11)15/h5-7,9,12,16H,4,8H2,1-3H3. The molecule has 0 aliphatic heterocycles. The van der Waals surface area contributed by atoms with Crippen LogP contribution in [0.4, 0.5) is 8.78 Å². The molecule has 1 N–H and O–H groups in total. The molecule has 0 bridgehead atoms. The summed E-state index contributed by atoms with van der Waals surface area (Å²) >= 11 is 0. The number of halogens is 2. The van der Waals surface area contributed by atoms with E-state index in [1.54, 1.807) is 6.07 Å². The van der Waals surface area contributed by atoms with Gasteiger partial charge in [0.25, 0.3) is 0 Å². The minimum atomic E-state index is -0.521.